The average molecular weight is 400 g/mol. The summed E-state index contributed by atoms with van der Waals surface area (Å²) in [5, 5.41) is 0.401. The van der Waals surface area contributed by atoms with E-state index in [4.69, 9.17) is 25.8 Å². The van der Waals surface area contributed by atoms with E-state index in [1.165, 1.54) is 37.0 Å². The third-order valence-corrected chi connectivity index (χ3v) is 6.05. The fourth-order valence-corrected chi connectivity index (χ4v) is 4.40. The molecule has 1 atom stereocenters. The van der Waals surface area contributed by atoms with Crippen molar-refractivity contribution in [3.05, 3.63) is 35.6 Å². The zero-order chi connectivity index (χ0) is 18.7. The maximum Gasteiger partial charge on any atom is 0.316 e. The quantitative estimate of drug-likeness (QED) is 0.733. The molecule has 10 heteroatoms. The van der Waals surface area contributed by atoms with Crippen molar-refractivity contribution in [2.75, 3.05) is 27.3 Å². The van der Waals surface area contributed by atoms with Crippen molar-refractivity contribution in [1.29, 1.82) is 0 Å². The number of ether oxygens (including phenoxy) is 3. The van der Waals surface area contributed by atoms with Gasteiger partial charge in [-0.3, -0.25) is 0 Å². The highest BCUT2D eigenvalue weighted by atomic mass is 35.5. The molecule has 0 spiro atoms. The molecule has 1 aromatic heterocycles. The molecule has 8 nitrogen and oxygen atoms in total. The SMILES string of the molecule is COc1ccc(OC)c(S(=O)(=O)N2CCC(Oc3ncc(Cl)cn3)C2)c1. The van der Waals surface area contributed by atoms with Crippen molar-refractivity contribution in [2.24, 2.45) is 0 Å². The first-order valence-corrected chi connectivity index (χ1v) is 9.62. The van der Waals surface area contributed by atoms with E-state index in [9.17, 15) is 8.42 Å². The van der Waals surface area contributed by atoms with Gasteiger partial charge in [0.15, 0.2) is 0 Å². The third kappa shape index (κ3) is 3.84. The molecule has 140 valence electrons. The van der Waals surface area contributed by atoms with Crippen LogP contribution in [0.25, 0.3) is 0 Å². The standard InChI is InChI=1S/C16H18ClN3O5S/c1-23-12-3-4-14(24-2)15(7-12)26(21,22)20-6-5-13(10-20)25-16-18-8-11(17)9-19-16/h3-4,7-9,13H,5-6,10H2,1-2H3. The van der Waals surface area contributed by atoms with Gasteiger partial charge in [0.2, 0.25) is 10.0 Å². The molecule has 1 aliphatic rings. The molecule has 0 radical (unpaired) electrons. The maximum absolute atomic E-state index is 13.0. The summed E-state index contributed by atoms with van der Waals surface area (Å²) in [5.74, 6) is 0.696. The first-order valence-electron chi connectivity index (χ1n) is 7.80. The minimum Gasteiger partial charge on any atom is -0.497 e. The van der Waals surface area contributed by atoms with Crippen LogP contribution in [0, 0.1) is 0 Å². The largest absolute Gasteiger partial charge is 0.497 e. The van der Waals surface area contributed by atoms with Crippen molar-refractivity contribution < 1.29 is 22.6 Å². The van der Waals surface area contributed by atoms with Crippen LogP contribution in [0.5, 0.6) is 17.5 Å². The van der Waals surface area contributed by atoms with Crippen LogP contribution in [0.15, 0.2) is 35.5 Å². The lowest BCUT2D eigenvalue weighted by molar-refractivity contribution is 0.197. The van der Waals surface area contributed by atoms with Crippen molar-refractivity contribution in [2.45, 2.75) is 17.4 Å². The molecule has 3 rings (SSSR count). The van der Waals surface area contributed by atoms with Crippen LogP contribution in [0.2, 0.25) is 5.02 Å². The zero-order valence-electron chi connectivity index (χ0n) is 14.3. The predicted molar refractivity (Wildman–Crippen MR) is 94.4 cm³/mol. The second-order valence-electron chi connectivity index (χ2n) is 5.59. The highest BCUT2D eigenvalue weighted by Crippen LogP contribution is 2.32. The minimum absolute atomic E-state index is 0.0581. The van der Waals surface area contributed by atoms with Gasteiger partial charge in [-0.2, -0.15) is 4.31 Å². The van der Waals surface area contributed by atoms with Crippen LogP contribution < -0.4 is 14.2 Å². The van der Waals surface area contributed by atoms with Crippen LogP contribution in [0.3, 0.4) is 0 Å². The van der Waals surface area contributed by atoms with Crippen molar-refractivity contribution in [3.8, 4) is 17.5 Å². The van der Waals surface area contributed by atoms with Crippen LogP contribution >= 0.6 is 11.6 Å². The predicted octanol–water partition coefficient (Wildman–Crippen LogP) is 1.99. The van der Waals surface area contributed by atoms with Gasteiger partial charge in [-0.05, 0) is 18.6 Å². The molecule has 0 N–H and O–H groups in total. The summed E-state index contributed by atoms with van der Waals surface area (Å²) in [6.07, 6.45) is 3.03. The van der Waals surface area contributed by atoms with Crippen molar-refractivity contribution in [1.82, 2.24) is 14.3 Å². The Morgan fingerprint density at radius 2 is 1.92 bits per heavy atom. The van der Waals surface area contributed by atoms with Crippen molar-refractivity contribution >= 4 is 21.6 Å². The summed E-state index contributed by atoms with van der Waals surface area (Å²) in [6, 6.07) is 4.82. The van der Waals surface area contributed by atoms with Crippen LogP contribution in [0.4, 0.5) is 0 Å². The van der Waals surface area contributed by atoms with E-state index < -0.39 is 10.0 Å². The molecule has 0 saturated carbocycles. The highest BCUT2D eigenvalue weighted by Gasteiger charge is 2.36. The first kappa shape index (κ1) is 18.7. The van der Waals surface area contributed by atoms with Gasteiger partial charge in [0, 0.05) is 12.6 Å². The molecule has 1 aliphatic heterocycles. The molecule has 26 heavy (non-hydrogen) atoms. The normalized spacial score (nSPS) is 17.9. The van der Waals surface area contributed by atoms with Gasteiger partial charge >= 0.3 is 6.01 Å². The lowest BCUT2D eigenvalue weighted by Crippen LogP contribution is -2.31. The second kappa shape index (κ2) is 7.65. The topological polar surface area (TPSA) is 90.9 Å². The first-order chi connectivity index (χ1) is 12.4. The molecule has 0 aliphatic carbocycles. The fourth-order valence-electron chi connectivity index (χ4n) is 2.65. The molecule has 2 heterocycles. The average Bonchev–Trinajstić information content (AvgIpc) is 3.12. The molecular weight excluding hydrogens is 382 g/mol. The summed E-state index contributed by atoms with van der Waals surface area (Å²) < 4.78 is 43.4. The molecule has 1 aromatic carbocycles. The minimum atomic E-state index is -3.76. The van der Waals surface area contributed by atoms with E-state index in [1.807, 2.05) is 0 Å². The van der Waals surface area contributed by atoms with E-state index >= 15 is 0 Å². The number of methoxy groups -OCH3 is 2. The summed E-state index contributed by atoms with van der Waals surface area (Å²) in [5.41, 5.74) is 0. The van der Waals surface area contributed by atoms with Gasteiger partial charge in [0.05, 0.1) is 38.2 Å². The Morgan fingerprint density at radius 1 is 1.19 bits per heavy atom. The van der Waals surface area contributed by atoms with Gasteiger partial charge < -0.3 is 14.2 Å². The van der Waals surface area contributed by atoms with E-state index in [0.717, 1.165) is 0 Å². The third-order valence-electron chi connectivity index (χ3n) is 3.97. The number of halogens is 1. The van der Waals surface area contributed by atoms with E-state index in [1.54, 1.807) is 12.1 Å². The van der Waals surface area contributed by atoms with E-state index in [-0.39, 0.29) is 29.3 Å². The number of hydrogen-bond acceptors (Lipinski definition) is 7. The molecule has 1 fully saturated rings. The summed E-state index contributed by atoms with van der Waals surface area (Å²) in [7, 11) is -0.858. The Hall–Kier alpha value is -2.10. The van der Waals surface area contributed by atoms with Crippen molar-refractivity contribution in [3.63, 3.8) is 0 Å². The number of aromatic nitrogens is 2. The van der Waals surface area contributed by atoms with E-state index in [0.29, 0.717) is 23.7 Å². The zero-order valence-corrected chi connectivity index (χ0v) is 15.8. The van der Waals surface area contributed by atoms with Gasteiger partial charge in [-0.25, -0.2) is 18.4 Å². The van der Waals surface area contributed by atoms with E-state index in [2.05, 4.69) is 9.97 Å². The Morgan fingerprint density at radius 3 is 2.58 bits per heavy atom. The molecular formula is C16H18ClN3O5S. The monoisotopic (exact) mass is 399 g/mol. The Labute approximate surface area is 156 Å². The molecule has 1 saturated heterocycles. The van der Waals surface area contributed by atoms with Gasteiger partial charge in [-0.1, -0.05) is 11.6 Å². The number of nitrogens with zero attached hydrogens (tertiary/aromatic N) is 3. The highest BCUT2D eigenvalue weighted by molar-refractivity contribution is 7.89. The van der Waals surface area contributed by atoms with Crippen LogP contribution in [-0.2, 0) is 10.0 Å². The summed E-state index contributed by atoms with van der Waals surface area (Å²) in [6.45, 7) is 0.510. The van der Waals surface area contributed by atoms with Gasteiger partial charge in [-0.15, -0.1) is 0 Å². The Bertz CT molecular complexity index is 876. The molecule has 2 aromatic rings. The van der Waals surface area contributed by atoms with Crippen LogP contribution in [0.1, 0.15) is 6.42 Å². The van der Waals surface area contributed by atoms with Crippen LogP contribution in [-0.4, -0.2) is 56.1 Å². The van der Waals surface area contributed by atoms with Gasteiger partial charge in [0.25, 0.3) is 0 Å². The number of benzene rings is 1. The number of rotatable bonds is 6. The lowest BCUT2D eigenvalue weighted by atomic mass is 10.3. The smallest absolute Gasteiger partial charge is 0.316 e. The maximum atomic E-state index is 13.0. The Kier molecular flexibility index (Phi) is 5.49. The summed E-state index contributed by atoms with van der Waals surface area (Å²) in [4.78, 5) is 7.99. The Balaban J connectivity index is 1.78. The fraction of sp³-hybridized carbons (Fsp3) is 0.375. The second-order valence-corrected chi connectivity index (χ2v) is 7.94. The summed E-state index contributed by atoms with van der Waals surface area (Å²) >= 11 is 5.74. The number of hydrogen-bond donors (Lipinski definition) is 0. The molecule has 0 bridgehead atoms. The van der Waals surface area contributed by atoms with Gasteiger partial charge in [0.1, 0.15) is 22.5 Å². The lowest BCUT2D eigenvalue weighted by Gasteiger charge is -2.19. The number of sulfonamides is 1. The molecule has 1 unspecified atom stereocenters. The molecule has 0 amide bonds.